The Balaban J connectivity index is 2.54. The molecule has 1 amide bonds. The van der Waals surface area contributed by atoms with Crippen molar-refractivity contribution in [2.24, 2.45) is 5.92 Å². The summed E-state index contributed by atoms with van der Waals surface area (Å²) in [6.07, 6.45) is 0. The van der Waals surface area contributed by atoms with Gasteiger partial charge in [-0.2, -0.15) is 0 Å². The maximum Gasteiger partial charge on any atom is 0.305 e. The fourth-order valence-corrected chi connectivity index (χ4v) is 1.34. The van der Waals surface area contributed by atoms with Gasteiger partial charge in [0, 0.05) is 11.9 Å². The van der Waals surface area contributed by atoms with Crippen LogP contribution in [0.15, 0.2) is 10.2 Å². The molecule has 2 N–H and O–H groups in total. The largest absolute Gasteiger partial charge is 0.350 e. The number of nitrogens with one attached hydrogen (secondary N) is 2. The first-order chi connectivity index (χ1) is 6.09. The molecule has 5 heteroatoms. The lowest BCUT2D eigenvalue weighted by atomic mass is 10.2. The minimum absolute atomic E-state index is 0.199. The molecule has 0 aliphatic carbocycles. The molecule has 4 nitrogen and oxygen atoms in total. The molecule has 1 aromatic rings. The summed E-state index contributed by atoms with van der Waals surface area (Å²) in [5.74, 6) is 0.196. The maximum atomic E-state index is 11.3. The quantitative estimate of drug-likeness (QED) is 0.759. The first kappa shape index (κ1) is 9.98. The molecule has 0 saturated carbocycles. The molecule has 0 aliphatic rings. The highest BCUT2D eigenvalue weighted by Crippen LogP contribution is 1.96. The van der Waals surface area contributed by atoms with Crippen LogP contribution >= 0.6 is 11.3 Å². The number of carbonyl (C=O) groups excluding carboxylic acids is 1. The van der Waals surface area contributed by atoms with E-state index in [1.54, 1.807) is 0 Å². The fraction of sp³-hybridized carbons (Fsp3) is 0.500. The highest BCUT2D eigenvalue weighted by molar-refractivity contribution is 7.07. The molecular weight excluding hydrogens is 188 g/mol. The van der Waals surface area contributed by atoms with E-state index >= 15 is 0 Å². The zero-order chi connectivity index (χ0) is 9.84. The van der Waals surface area contributed by atoms with Crippen molar-refractivity contribution in [3.05, 3.63) is 20.7 Å². The van der Waals surface area contributed by atoms with Crippen LogP contribution in [0.1, 0.15) is 24.3 Å². The van der Waals surface area contributed by atoms with Crippen LogP contribution in [0.3, 0.4) is 0 Å². The molecule has 0 atom stereocenters. The average molecular weight is 200 g/mol. The highest BCUT2D eigenvalue weighted by Gasteiger charge is 2.07. The summed E-state index contributed by atoms with van der Waals surface area (Å²) in [6, 6.07) is 0. The van der Waals surface area contributed by atoms with Gasteiger partial charge in [0.2, 0.25) is 0 Å². The Labute approximate surface area is 80.0 Å². The molecule has 0 bridgehead atoms. The second-order valence-electron chi connectivity index (χ2n) is 3.17. The summed E-state index contributed by atoms with van der Waals surface area (Å²) in [6.45, 7) is 4.64. The van der Waals surface area contributed by atoms with Gasteiger partial charge in [0.15, 0.2) is 0 Å². The predicted octanol–water partition coefficient (Wildman–Crippen LogP) is 0.822. The van der Waals surface area contributed by atoms with Gasteiger partial charge in [0.05, 0.1) is 0 Å². The van der Waals surface area contributed by atoms with Crippen molar-refractivity contribution >= 4 is 17.2 Å². The summed E-state index contributed by atoms with van der Waals surface area (Å²) in [5.41, 5.74) is 0.343. The molecule has 0 saturated heterocycles. The molecule has 72 valence electrons. The Morgan fingerprint density at radius 1 is 1.69 bits per heavy atom. The Morgan fingerprint density at radius 3 is 2.85 bits per heavy atom. The number of rotatable bonds is 3. The lowest BCUT2D eigenvalue weighted by molar-refractivity contribution is 0.0944. The molecule has 0 fully saturated rings. The minimum atomic E-state index is -0.216. The summed E-state index contributed by atoms with van der Waals surface area (Å²) in [7, 11) is 0. The van der Waals surface area contributed by atoms with Crippen LogP contribution < -0.4 is 10.2 Å². The third-order valence-electron chi connectivity index (χ3n) is 1.44. The van der Waals surface area contributed by atoms with Crippen LogP contribution in [0, 0.1) is 5.92 Å². The van der Waals surface area contributed by atoms with Gasteiger partial charge in [-0.05, 0) is 5.92 Å². The summed E-state index contributed by atoms with van der Waals surface area (Å²) >= 11 is 0.995. The minimum Gasteiger partial charge on any atom is -0.350 e. The predicted molar refractivity (Wildman–Crippen MR) is 52.1 cm³/mol. The van der Waals surface area contributed by atoms with Gasteiger partial charge in [-0.15, -0.1) is 0 Å². The molecule has 0 spiro atoms. The molecule has 0 radical (unpaired) electrons. The van der Waals surface area contributed by atoms with Crippen LogP contribution in [-0.4, -0.2) is 17.4 Å². The normalized spacial score (nSPS) is 10.4. The van der Waals surface area contributed by atoms with Crippen molar-refractivity contribution in [1.82, 2.24) is 10.3 Å². The van der Waals surface area contributed by atoms with Crippen molar-refractivity contribution in [2.75, 3.05) is 6.54 Å². The monoisotopic (exact) mass is 200 g/mol. The van der Waals surface area contributed by atoms with E-state index in [9.17, 15) is 9.59 Å². The molecule has 0 unspecified atom stereocenters. The van der Waals surface area contributed by atoms with Crippen molar-refractivity contribution in [3.8, 4) is 0 Å². The zero-order valence-electron chi connectivity index (χ0n) is 7.59. The summed E-state index contributed by atoms with van der Waals surface area (Å²) in [4.78, 5) is 24.3. The second-order valence-corrected chi connectivity index (χ2v) is 4.01. The van der Waals surface area contributed by atoms with Gasteiger partial charge >= 0.3 is 4.87 Å². The van der Waals surface area contributed by atoms with Gasteiger partial charge in [-0.3, -0.25) is 9.59 Å². The number of hydrogen-bond acceptors (Lipinski definition) is 3. The smallest absolute Gasteiger partial charge is 0.305 e. The lowest BCUT2D eigenvalue weighted by Gasteiger charge is -2.05. The number of hydrogen-bond donors (Lipinski definition) is 2. The molecule has 0 aliphatic heterocycles. The first-order valence-corrected chi connectivity index (χ1v) is 4.93. The van der Waals surface area contributed by atoms with Gasteiger partial charge in [0.1, 0.15) is 5.69 Å². The van der Waals surface area contributed by atoms with Crippen molar-refractivity contribution < 1.29 is 4.79 Å². The van der Waals surface area contributed by atoms with E-state index in [0.29, 0.717) is 18.2 Å². The summed E-state index contributed by atoms with van der Waals surface area (Å²) in [5, 5.41) is 4.24. The van der Waals surface area contributed by atoms with Crippen LogP contribution in [0.5, 0.6) is 0 Å². The molecule has 1 rings (SSSR count). The highest BCUT2D eigenvalue weighted by atomic mass is 32.1. The number of H-pyrrole nitrogens is 1. The molecular formula is C8H12N2O2S. The van der Waals surface area contributed by atoms with Crippen LogP contribution in [0.2, 0.25) is 0 Å². The van der Waals surface area contributed by atoms with Gasteiger partial charge in [0.25, 0.3) is 5.91 Å². The van der Waals surface area contributed by atoms with Crippen LogP contribution in [-0.2, 0) is 0 Å². The average Bonchev–Trinajstić information content (AvgIpc) is 2.47. The standard InChI is InChI=1S/C8H12N2O2S/c1-5(2)3-9-7(11)6-4-13-8(12)10-6/h4-5H,3H2,1-2H3,(H,9,11)(H,10,12). The maximum absolute atomic E-state index is 11.3. The SMILES string of the molecule is CC(C)CNC(=O)c1csc(=O)[nH]1. The Morgan fingerprint density at radius 2 is 2.38 bits per heavy atom. The van der Waals surface area contributed by atoms with E-state index in [1.165, 1.54) is 5.38 Å². The van der Waals surface area contributed by atoms with E-state index in [0.717, 1.165) is 11.3 Å². The van der Waals surface area contributed by atoms with E-state index in [4.69, 9.17) is 0 Å². The first-order valence-electron chi connectivity index (χ1n) is 4.05. The van der Waals surface area contributed by atoms with Gasteiger partial charge in [-0.25, -0.2) is 0 Å². The lowest BCUT2D eigenvalue weighted by Crippen LogP contribution is -2.27. The number of aromatic amines is 1. The molecule has 1 heterocycles. The third-order valence-corrected chi connectivity index (χ3v) is 2.11. The Kier molecular flexibility index (Phi) is 3.25. The molecule has 1 aromatic heterocycles. The Bertz CT molecular complexity index is 340. The van der Waals surface area contributed by atoms with Crippen molar-refractivity contribution in [3.63, 3.8) is 0 Å². The second kappa shape index (κ2) is 4.23. The van der Waals surface area contributed by atoms with E-state index in [2.05, 4.69) is 10.3 Å². The zero-order valence-corrected chi connectivity index (χ0v) is 8.40. The van der Waals surface area contributed by atoms with Crippen molar-refractivity contribution in [1.29, 1.82) is 0 Å². The fourth-order valence-electron chi connectivity index (χ4n) is 0.784. The van der Waals surface area contributed by atoms with E-state index in [1.807, 2.05) is 13.8 Å². The third kappa shape index (κ3) is 3.02. The number of carbonyl (C=O) groups is 1. The van der Waals surface area contributed by atoms with Gasteiger partial charge < -0.3 is 10.3 Å². The molecule has 0 aromatic carbocycles. The number of amides is 1. The number of aromatic nitrogens is 1. The van der Waals surface area contributed by atoms with E-state index < -0.39 is 0 Å². The van der Waals surface area contributed by atoms with E-state index in [-0.39, 0.29) is 10.8 Å². The summed E-state index contributed by atoms with van der Waals surface area (Å²) < 4.78 is 0. The van der Waals surface area contributed by atoms with Crippen molar-refractivity contribution in [2.45, 2.75) is 13.8 Å². The molecule has 13 heavy (non-hydrogen) atoms. The Hall–Kier alpha value is -1.10. The van der Waals surface area contributed by atoms with Gasteiger partial charge in [-0.1, -0.05) is 25.2 Å². The van der Waals surface area contributed by atoms with Crippen LogP contribution in [0.25, 0.3) is 0 Å². The topological polar surface area (TPSA) is 62.0 Å². The number of thiazole rings is 1. The van der Waals surface area contributed by atoms with Crippen LogP contribution in [0.4, 0.5) is 0 Å².